The van der Waals surface area contributed by atoms with Crippen LogP contribution in [-0.4, -0.2) is 24.3 Å². The van der Waals surface area contributed by atoms with Crippen LogP contribution in [0.25, 0.3) is 0 Å². The van der Waals surface area contributed by atoms with E-state index in [2.05, 4.69) is 19.2 Å². The lowest BCUT2D eigenvalue weighted by molar-refractivity contribution is -0.0422. The maximum absolute atomic E-state index is 5.68. The van der Waals surface area contributed by atoms with Crippen LogP contribution in [0.4, 0.5) is 0 Å². The zero-order valence-corrected chi connectivity index (χ0v) is 8.05. The Labute approximate surface area is 74.7 Å². The van der Waals surface area contributed by atoms with E-state index in [-0.39, 0.29) is 0 Å². The van der Waals surface area contributed by atoms with Gasteiger partial charge >= 0.3 is 0 Å². The Hall–Kier alpha value is -0.0800. The first-order valence-electron chi connectivity index (χ1n) is 5.15. The summed E-state index contributed by atoms with van der Waals surface area (Å²) in [5.74, 6) is 0. The summed E-state index contributed by atoms with van der Waals surface area (Å²) in [5, 5.41) is 3.67. The van der Waals surface area contributed by atoms with Gasteiger partial charge < -0.3 is 10.1 Å². The number of hydrogen-bond acceptors (Lipinski definition) is 2. The van der Waals surface area contributed by atoms with Crippen LogP contribution in [0, 0.1) is 0 Å². The third-order valence-electron chi connectivity index (χ3n) is 2.75. The van der Waals surface area contributed by atoms with Gasteiger partial charge in [0.2, 0.25) is 0 Å². The molecule has 0 aromatic carbocycles. The average Bonchev–Trinajstić information content (AvgIpc) is 2.68. The maximum Gasteiger partial charge on any atom is 0.0565 e. The van der Waals surface area contributed by atoms with Gasteiger partial charge in [0.25, 0.3) is 0 Å². The summed E-state index contributed by atoms with van der Waals surface area (Å²) >= 11 is 0. The molecule has 2 heteroatoms. The lowest BCUT2D eigenvalue weighted by Gasteiger charge is -2.32. The van der Waals surface area contributed by atoms with Crippen molar-refractivity contribution in [3.63, 3.8) is 0 Å². The molecule has 2 fully saturated rings. The summed E-state index contributed by atoms with van der Waals surface area (Å²) in [6.45, 7) is 4.36. The second-order valence-corrected chi connectivity index (χ2v) is 4.37. The summed E-state index contributed by atoms with van der Waals surface area (Å²) < 4.78 is 5.68. The van der Waals surface area contributed by atoms with Crippen molar-refractivity contribution in [2.75, 3.05) is 0 Å². The molecule has 3 atom stereocenters. The first kappa shape index (κ1) is 8.52. The van der Waals surface area contributed by atoms with Crippen molar-refractivity contribution < 1.29 is 4.74 Å². The van der Waals surface area contributed by atoms with E-state index in [1.54, 1.807) is 0 Å². The van der Waals surface area contributed by atoms with Gasteiger partial charge in [-0.25, -0.2) is 0 Å². The van der Waals surface area contributed by atoms with Crippen LogP contribution in [0.15, 0.2) is 0 Å². The van der Waals surface area contributed by atoms with Crippen molar-refractivity contribution in [1.29, 1.82) is 0 Å². The molecule has 1 unspecified atom stereocenters. The summed E-state index contributed by atoms with van der Waals surface area (Å²) in [6.07, 6.45) is 6.07. The SMILES string of the molecule is C[C@@H]1CC(NC2CC2)C[C@H](C)O1. The van der Waals surface area contributed by atoms with E-state index in [4.69, 9.17) is 4.74 Å². The Bertz CT molecular complexity index is 143. The largest absolute Gasteiger partial charge is 0.375 e. The quantitative estimate of drug-likeness (QED) is 0.679. The third kappa shape index (κ3) is 2.20. The van der Waals surface area contributed by atoms with Crippen LogP contribution >= 0.6 is 0 Å². The van der Waals surface area contributed by atoms with Gasteiger partial charge in [-0.15, -0.1) is 0 Å². The van der Waals surface area contributed by atoms with Gasteiger partial charge in [-0.2, -0.15) is 0 Å². The van der Waals surface area contributed by atoms with Gasteiger partial charge in [0, 0.05) is 12.1 Å². The Morgan fingerprint density at radius 3 is 2.08 bits per heavy atom. The predicted molar refractivity (Wildman–Crippen MR) is 49.2 cm³/mol. The molecule has 0 aromatic heterocycles. The molecule has 0 amide bonds. The highest BCUT2D eigenvalue weighted by Gasteiger charge is 2.29. The van der Waals surface area contributed by atoms with Crippen molar-refractivity contribution in [2.45, 2.75) is 63.8 Å². The fourth-order valence-electron chi connectivity index (χ4n) is 2.12. The minimum Gasteiger partial charge on any atom is -0.375 e. The normalized spacial score (nSPS) is 43.0. The number of nitrogens with one attached hydrogen (secondary N) is 1. The third-order valence-corrected chi connectivity index (χ3v) is 2.75. The van der Waals surface area contributed by atoms with Crippen LogP contribution in [0.1, 0.15) is 39.5 Å². The van der Waals surface area contributed by atoms with Gasteiger partial charge in [-0.1, -0.05) is 0 Å². The highest BCUT2D eigenvalue weighted by atomic mass is 16.5. The molecule has 1 saturated carbocycles. The van der Waals surface area contributed by atoms with Crippen molar-refractivity contribution in [3.8, 4) is 0 Å². The van der Waals surface area contributed by atoms with Crippen molar-refractivity contribution in [2.24, 2.45) is 0 Å². The van der Waals surface area contributed by atoms with Crippen LogP contribution in [0.3, 0.4) is 0 Å². The molecule has 1 aliphatic heterocycles. The summed E-state index contributed by atoms with van der Waals surface area (Å²) in [6, 6.07) is 1.56. The number of hydrogen-bond donors (Lipinski definition) is 1. The average molecular weight is 169 g/mol. The predicted octanol–water partition coefficient (Wildman–Crippen LogP) is 1.69. The van der Waals surface area contributed by atoms with E-state index in [0.717, 1.165) is 12.1 Å². The summed E-state index contributed by atoms with van der Waals surface area (Å²) in [4.78, 5) is 0. The van der Waals surface area contributed by atoms with Crippen molar-refractivity contribution in [3.05, 3.63) is 0 Å². The van der Waals surface area contributed by atoms with E-state index >= 15 is 0 Å². The minimum absolute atomic E-state index is 0.449. The van der Waals surface area contributed by atoms with Gasteiger partial charge in [0.15, 0.2) is 0 Å². The summed E-state index contributed by atoms with van der Waals surface area (Å²) in [7, 11) is 0. The molecule has 0 radical (unpaired) electrons. The number of ether oxygens (including phenoxy) is 1. The molecule has 0 aromatic rings. The zero-order valence-electron chi connectivity index (χ0n) is 8.05. The van der Waals surface area contributed by atoms with E-state index in [1.165, 1.54) is 25.7 Å². The monoisotopic (exact) mass is 169 g/mol. The molecular weight excluding hydrogens is 150 g/mol. The lowest BCUT2D eigenvalue weighted by Crippen LogP contribution is -2.42. The second kappa shape index (κ2) is 3.35. The van der Waals surface area contributed by atoms with Crippen LogP contribution in [-0.2, 0) is 4.74 Å². The lowest BCUT2D eigenvalue weighted by atomic mass is 10.00. The fraction of sp³-hybridized carbons (Fsp3) is 1.00. The van der Waals surface area contributed by atoms with E-state index in [1.807, 2.05) is 0 Å². The molecule has 1 saturated heterocycles. The first-order valence-corrected chi connectivity index (χ1v) is 5.15. The highest BCUT2D eigenvalue weighted by molar-refractivity contribution is 4.88. The second-order valence-electron chi connectivity index (χ2n) is 4.37. The molecule has 2 aliphatic rings. The standard InChI is InChI=1S/C10H19NO/c1-7-5-10(6-8(2)12-7)11-9-3-4-9/h7-11H,3-6H2,1-2H3/t7-,8+,10?. The Morgan fingerprint density at radius 2 is 1.58 bits per heavy atom. The van der Waals surface area contributed by atoms with Gasteiger partial charge in [0.05, 0.1) is 12.2 Å². The Balaban J connectivity index is 1.79. The highest BCUT2D eigenvalue weighted by Crippen LogP contribution is 2.25. The Kier molecular flexibility index (Phi) is 2.37. The molecule has 12 heavy (non-hydrogen) atoms. The molecule has 1 aliphatic carbocycles. The molecule has 2 nitrogen and oxygen atoms in total. The molecular formula is C10H19NO. The first-order chi connectivity index (χ1) is 5.74. The maximum atomic E-state index is 5.68. The van der Waals surface area contributed by atoms with Gasteiger partial charge in [-0.05, 0) is 39.5 Å². The minimum atomic E-state index is 0.449. The van der Waals surface area contributed by atoms with E-state index in [0.29, 0.717) is 12.2 Å². The molecule has 0 bridgehead atoms. The van der Waals surface area contributed by atoms with Crippen molar-refractivity contribution in [1.82, 2.24) is 5.32 Å². The molecule has 0 spiro atoms. The van der Waals surface area contributed by atoms with Crippen LogP contribution in [0.5, 0.6) is 0 Å². The van der Waals surface area contributed by atoms with Crippen LogP contribution < -0.4 is 5.32 Å². The summed E-state index contributed by atoms with van der Waals surface area (Å²) in [5.41, 5.74) is 0. The molecule has 70 valence electrons. The molecule has 1 N–H and O–H groups in total. The Morgan fingerprint density at radius 1 is 1.00 bits per heavy atom. The molecule has 2 rings (SSSR count). The fourth-order valence-corrected chi connectivity index (χ4v) is 2.12. The van der Waals surface area contributed by atoms with Crippen LogP contribution in [0.2, 0.25) is 0 Å². The smallest absolute Gasteiger partial charge is 0.0565 e. The topological polar surface area (TPSA) is 21.3 Å². The number of rotatable bonds is 2. The van der Waals surface area contributed by atoms with E-state index < -0.39 is 0 Å². The van der Waals surface area contributed by atoms with E-state index in [9.17, 15) is 0 Å². The van der Waals surface area contributed by atoms with Crippen molar-refractivity contribution >= 4 is 0 Å². The van der Waals surface area contributed by atoms with Gasteiger partial charge in [0.1, 0.15) is 0 Å². The van der Waals surface area contributed by atoms with Gasteiger partial charge in [-0.3, -0.25) is 0 Å². The zero-order chi connectivity index (χ0) is 8.55. The molecule has 1 heterocycles.